The first-order chi connectivity index (χ1) is 10.9. The SMILES string of the molecule is Cl.NCCC(=O)NCc1cccc(-c2cccc(C(F)(F)F)c2)c1. The van der Waals surface area contributed by atoms with E-state index in [9.17, 15) is 18.0 Å². The molecule has 1 amide bonds. The molecule has 0 spiro atoms. The lowest BCUT2D eigenvalue weighted by atomic mass is 10.0. The second kappa shape index (κ2) is 8.70. The quantitative estimate of drug-likeness (QED) is 0.855. The third-order valence-corrected chi connectivity index (χ3v) is 3.31. The van der Waals surface area contributed by atoms with Gasteiger partial charge in [-0.3, -0.25) is 4.79 Å². The van der Waals surface area contributed by atoms with Crippen molar-refractivity contribution < 1.29 is 18.0 Å². The van der Waals surface area contributed by atoms with Gasteiger partial charge < -0.3 is 11.1 Å². The number of carbonyl (C=O) groups is 1. The summed E-state index contributed by atoms with van der Waals surface area (Å²) in [4.78, 5) is 11.4. The smallest absolute Gasteiger partial charge is 0.352 e. The summed E-state index contributed by atoms with van der Waals surface area (Å²) in [5.74, 6) is -0.156. The molecule has 0 atom stereocenters. The lowest BCUT2D eigenvalue weighted by Crippen LogP contribution is -2.24. The summed E-state index contributed by atoms with van der Waals surface area (Å²) in [7, 11) is 0. The van der Waals surface area contributed by atoms with Crippen molar-refractivity contribution in [1.29, 1.82) is 0 Å². The average Bonchev–Trinajstić information content (AvgIpc) is 2.53. The zero-order valence-corrected chi connectivity index (χ0v) is 13.6. The molecule has 0 bridgehead atoms. The molecule has 0 radical (unpaired) electrons. The van der Waals surface area contributed by atoms with Gasteiger partial charge in [0.05, 0.1) is 5.56 Å². The Kier molecular flexibility index (Phi) is 7.25. The number of halogens is 4. The van der Waals surface area contributed by atoms with E-state index in [1.54, 1.807) is 30.3 Å². The van der Waals surface area contributed by atoms with Crippen LogP contribution in [0.15, 0.2) is 48.5 Å². The molecule has 0 heterocycles. The lowest BCUT2D eigenvalue weighted by molar-refractivity contribution is -0.137. The highest BCUT2D eigenvalue weighted by Crippen LogP contribution is 2.32. The molecule has 0 saturated heterocycles. The van der Waals surface area contributed by atoms with Gasteiger partial charge in [0.25, 0.3) is 0 Å². The monoisotopic (exact) mass is 358 g/mol. The highest BCUT2D eigenvalue weighted by atomic mass is 35.5. The number of amides is 1. The average molecular weight is 359 g/mol. The zero-order valence-electron chi connectivity index (χ0n) is 12.8. The number of hydrogen-bond acceptors (Lipinski definition) is 2. The number of hydrogen-bond donors (Lipinski definition) is 2. The van der Waals surface area contributed by atoms with Crippen LogP contribution >= 0.6 is 12.4 Å². The molecule has 0 fully saturated rings. The van der Waals surface area contributed by atoms with Crippen LogP contribution in [0.1, 0.15) is 17.5 Å². The molecular formula is C17H18ClF3N2O. The summed E-state index contributed by atoms with van der Waals surface area (Å²) in [5.41, 5.74) is 6.57. The number of rotatable bonds is 5. The molecule has 0 aliphatic rings. The normalized spacial score (nSPS) is 10.8. The maximum absolute atomic E-state index is 12.8. The van der Waals surface area contributed by atoms with Crippen molar-refractivity contribution in [2.75, 3.05) is 6.54 Å². The van der Waals surface area contributed by atoms with Gasteiger partial charge in [0.15, 0.2) is 0 Å². The van der Waals surface area contributed by atoms with Crippen LogP contribution in [0.25, 0.3) is 11.1 Å². The molecule has 0 unspecified atom stereocenters. The molecule has 0 aromatic heterocycles. The van der Waals surface area contributed by atoms with Gasteiger partial charge in [-0.25, -0.2) is 0 Å². The van der Waals surface area contributed by atoms with E-state index in [1.165, 1.54) is 6.07 Å². The van der Waals surface area contributed by atoms with Gasteiger partial charge in [0.1, 0.15) is 0 Å². The van der Waals surface area contributed by atoms with Gasteiger partial charge in [0.2, 0.25) is 5.91 Å². The van der Waals surface area contributed by atoms with E-state index < -0.39 is 11.7 Å². The van der Waals surface area contributed by atoms with Crippen molar-refractivity contribution in [3.05, 3.63) is 59.7 Å². The van der Waals surface area contributed by atoms with Crippen LogP contribution in [0.2, 0.25) is 0 Å². The van der Waals surface area contributed by atoms with E-state index >= 15 is 0 Å². The highest BCUT2D eigenvalue weighted by molar-refractivity contribution is 5.85. The number of nitrogens with two attached hydrogens (primary N) is 1. The van der Waals surface area contributed by atoms with E-state index in [0.29, 0.717) is 17.7 Å². The van der Waals surface area contributed by atoms with E-state index in [4.69, 9.17) is 5.73 Å². The molecule has 2 aromatic carbocycles. The van der Waals surface area contributed by atoms with E-state index in [-0.39, 0.29) is 31.3 Å². The largest absolute Gasteiger partial charge is 0.416 e. The van der Waals surface area contributed by atoms with Crippen molar-refractivity contribution in [2.45, 2.75) is 19.1 Å². The molecule has 130 valence electrons. The molecule has 24 heavy (non-hydrogen) atoms. The van der Waals surface area contributed by atoms with Crippen molar-refractivity contribution in [3.8, 4) is 11.1 Å². The predicted molar refractivity (Wildman–Crippen MR) is 89.6 cm³/mol. The fraction of sp³-hybridized carbons (Fsp3) is 0.235. The van der Waals surface area contributed by atoms with Gasteiger partial charge in [-0.15, -0.1) is 12.4 Å². The molecule has 2 aromatic rings. The van der Waals surface area contributed by atoms with Crippen LogP contribution in [0.3, 0.4) is 0 Å². The third kappa shape index (κ3) is 5.54. The number of benzene rings is 2. The van der Waals surface area contributed by atoms with Crippen LogP contribution in [-0.4, -0.2) is 12.5 Å². The standard InChI is InChI=1S/C17H17F3N2O.ClH/c18-17(19,20)15-6-2-5-14(10-15)13-4-1-3-12(9-13)11-22-16(23)7-8-21;/h1-6,9-10H,7-8,11,21H2,(H,22,23);1H. The predicted octanol–water partition coefficient (Wildman–Crippen LogP) is 3.76. The van der Waals surface area contributed by atoms with Crippen LogP contribution in [0.4, 0.5) is 13.2 Å². The van der Waals surface area contributed by atoms with E-state index in [2.05, 4.69) is 5.32 Å². The number of nitrogens with one attached hydrogen (secondary N) is 1. The fourth-order valence-electron chi connectivity index (χ4n) is 2.16. The van der Waals surface area contributed by atoms with Crippen molar-refractivity contribution >= 4 is 18.3 Å². The van der Waals surface area contributed by atoms with Gasteiger partial charge in [-0.2, -0.15) is 13.2 Å². The Balaban J connectivity index is 0.00000288. The minimum atomic E-state index is -4.37. The Morgan fingerprint density at radius 1 is 1.04 bits per heavy atom. The van der Waals surface area contributed by atoms with Crippen LogP contribution < -0.4 is 11.1 Å². The zero-order chi connectivity index (χ0) is 16.9. The van der Waals surface area contributed by atoms with Gasteiger partial charge >= 0.3 is 6.18 Å². The summed E-state index contributed by atoms with van der Waals surface area (Å²) < 4.78 is 38.4. The summed E-state index contributed by atoms with van der Waals surface area (Å²) in [6, 6.07) is 12.2. The van der Waals surface area contributed by atoms with Gasteiger partial charge in [0, 0.05) is 19.5 Å². The summed E-state index contributed by atoms with van der Waals surface area (Å²) in [5, 5.41) is 2.72. The second-order valence-corrected chi connectivity index (χ2v) is 5.09. The van der Waals surface area contributed by atoms with Gasteiger partial charge in [-0.05, 0) is 34.9 Å². The Bertz CT molecular complexity index is 690. The number of carbonyl (C=O) groups excluding carboxylic acids is 1. The second-order valence-electron chi connectivity index (χ2n) is 5.09. The third-order valence-electron chi connectivity index (χ3n) is 3.31. The van der Waals surface area contributed by atoms with Gasteiger partial charge in [-0.1, -0.05) is 30.3 Å². The molecule has 7 heteroatoms. The van der Waals surface area contributed by atoms with Crippen LogP contribution in [-0.2, 0) is 17.5 Å². The van der Waals surface area contributed by atoms with Crippen LogP contribution in [0.5, 0.6) is 0 Å². The molecule has 0 aliphatic carbocycles. The summed E-state index contributed by atoms with van der Waals surface area (Å²) in [6.07, 6.45) is -4.13. The summed E-state index contributed by atoms with van der Waals surface area (Å²) >= 11 is 0. The first-order valence-corrected chi connectivity index (χ1v) is 7.13. The Morgan fingerprint density at radius 2 is 1.67 bits per heavy atom. The molecular weight excluding hydrogens is 341 g/mol. The Morgan fingerprint density at radius 3 is 2.29 bits per heavy atom. The highest BCUT2D eigenvalue weighted by Gasteiger charge is 2.30. The number of alkyl halides is 3. The molecule has 2 rings (SSSR count). The molecule has 3 N–H and O–H groups in total. The lowest BCUT2D eigenvalue weighted by Gasteiger charge is -2.10. The molecule has 0 aliphatic heterocycles. The maximum Gasteiger partial charge on any atom is 0.416 e. The van der Waals surface area contributed by atoms with Crippen molar-refractivity contribution in [3.63, 3.8) is 0 Å². The maximum atomic E-state index is 12.8. The van der Waals surface area contributed by atoms with E-state index in [1.807, 2.05) is 0 Å². The minimum Gasteiger partial charge on any atom is -0.352 e. The van der Waals surface area contributed by atoms with E-state index in [0.717, 1.165) is 17.7 Å². The van der Waals surface area contributed by atoms with Crippen molar-refractivity contribution in [2.24, 2.45) is 5.73 Å². The van der Waals surface area contributed by atoms with Crippen molar-refractivity contribution in [1.82, 2.24) is 5.32 Å². The molecule has 3 nitrogen and oxygen atoms in total. The topological polar surface area (TPSA) is 55.1 Å². The van der Waals surface area contributed by atoms with Crippen LogP contribution in [0, 0.1) is 0 Å². The summed E-state index contributed by atoms with van der Waals surface area (Å²) in [6.45, 7) is 0.585. The first kappa shape index (κ1) is 20.0. The first-order valence-electron chi connectivity index (χ1n) is 7.13. The minimum absolute atomic E-state index is 0. The Hall–Kier alpha value is -2.05. The fourth-order valence-corrected chi connectivity index (χ4v) is 2.16. The molecule has 0 saturated carbocycles. The Labute approximate surface area is 144 Å².